The fourth-order valence-corrected chi connectivity index (χ4v) is 3.78. The van der Waals surface area contributed by atoms with Crippen LogP contribution in [0.1, 0.15) is 41.3 Å². The lowest BCUT2D eigenvalue weighted by Gasteiger charge is -2.21. The first-order chi connectivity index (χ1) is 13.8. The van der Waals surface area contributed by atoms with Crippen LogP contribution in [0.25, 0.3) is 0 Å². The van der Waals surface area contributed by atoms with Crippen LogP contribution in [-0.4, -0.2) is 28.3 Å². The Labute approximate surface area is 174 Å². The highest BCUT2D eigenvalue weighted by Crippen LogP contribution is 2.42. The number of nitrogens with zero attached hydrogens (tertiary/aromatic N) is 1. The van der Waals surface area contributed by atoms with Crippen molar-refractivity contribution < 1.29 is 14.4 Å². The molecule has 0 bridgehead atoms. The standard InChI is InChI=1S/C22H22ClN3O3/c1-13-11-17(9-10-18(13)23)24-19(27)15-5-3-14(4-6-15)12-26-20(28)22(2,16-7-8-16)25-21(26)29/h3-6,9-11,16H,7-8,12H2,1-2H3,(H,24,27)(H,25,29). The molecule has 1 unspecified atom stereocenters. The van der Waals surface area contributed by atoms with Crippen molar-refractivity contribution in [3.63, 3.8) is 0 Å². The summed E-state index contributed by atoms with van der Waals surface area (Å²) in [6, 6.07) is 11.8. The molecule has 6 nitrogen and oxygen atoms in total. The highest BCUT2D eigenvalue weighted by atomic mass is 35.5. The molecule has 4 amide bonds. The molecule has 4 rings (SSSR count). The zero-order valence-corrected chi connectivity index (χ0v) is 17.0. The van der Waals surface area contributed by atoms with Gasteiger partial charge < -0.3 is 10.6 Å². The third kappa shape index (κ3) is 3.72. The Morgan fingerprint density at radius 2 is 1.90 bits per heavy atom. The van der Waals surface area contributed by atoms with Gasteiger partial charge in [-0.1, -0.05) is 23.7 Å². The van der Waals surface area contributed by atoms with Gasteiger partial charge >= 0.3 is 6.03 Å². The van der Waals surface area contributed by atoms with E-state index in [4.69, 9.17) is 11.6 Å². The van der Waals surface area contributed by atoms with E-state index in [9.17, 15) is 14.4 Å². The topological polar surface area (TPSA) is 78.5 Å². The van der Waals surface area contributed by atoms with Crippen molar-refractivity contribution in [1.29, 1.82) is 0 Å². The van der Waals surface area contributed by atoms with Crippen LogP contribution in [0.5, 0.6) is 0 Å². The second kappa shape index (κ2) is 7.19. The molecule has 2 aromatic carbocycles. The van der Waals surface area contributed by atoms with Crippen LogP contribution in [0.3, 0.4) is 0 Å². The van der Waals surface area contributed by atoms with Crippen LogP contribution in [-0.2, 0) is 11.3 Å². The van der Waals surface area contributed by atoms with E-state index in [2.05, 4.69) is 10.6 Å². The van der Waals surface area contributed by atoms with E-state index in [0.29, 0.717) is 16.3 Å². The molecule has 2 N–H and O–H groups in total. The van der Waals surface area contributed by atoms with Crippen LogP contribution in [0, 0.1) is 12.8 Å². The number of rotatable bonds is 5. The van der Waals surface area contributed by atoms with Gasteiger partial charge in [-0.3, -0.25) is 14.5 Å². The largest absolute Gasteiger partial charge is 0.325 e. The van der Waals surface area contributed by atoms with Gasteiger partial charge in [-0.05, 0) is 74.1 Å². The van der Waals surface area contributed by atoms with Crippen LogP contribution < -0.4 is 10.6 Å². The highest BCUT2D eigenvalue weighted by molar-refractivity contribution is 6.31. The first-order valence-corrected chi connectivity index (χ1v) is 9.96. The number of hydrogen-bond acceptors (Lipinski definition) is 3. The van der Waals surface area contributed by atoms with Crippen molar-refractivity contribution in [2.24, 2.45) is 5.92 Å². The number of hydrogen-bond donors (Lipinski definition) is 2. The van der Waals surface area contributed by atoms with Gasteiger partial charge in [0.05, 0.1) is 6.54 Å². The smallest absolute Gasteiger partial charge is 0.323 e. The molecule has 0 aromatic heterocycles. The van der Waals surface area contributed by atoms with Crippen molar-refractivity contribution in [3.8, 4) is 0 Å². The third-order valence-electron chi connectivity index (χ3n) is 5.67. The van der Waals surface area contributed by atoms with Crippen molar-refractivity contribution in [2.45, 2.75) is 38.8 Å². The summed E-state index contributed by atoms with van der Waals surface area (Å²) in [6.45, 7) is 3.86. The molecule has 0 radical (unpaired) electrons. The minimum atomic E-state index is -0.784. The van der Waals surface area contributed by atoms with Crippen LogP contribution in [0.15, 0.2) is 42.5 Å². The Kier molecular flexibility index (Phi) is 4.82. The van der Waals surface area contributed by atoms with Crippen LogP contribution >= 0.6 is 11.6 Å². The van der Waals surface area contributed by atoms with Crippen LogP contribution in [0.2, 0.25) is 5.02 Å². The molecular formula is C22H22ClN3O3. The molecule has 150 valence electrons. The van der Waals surface area contributed by atoms with E-state index in [1.807, 2.05) is 13.0 Å². The molecule has 7 heteroatoms. The molecule has 29 heavy (non-hydrogen) atoms. The summed E-state index contributed by atoms with van der Waals surface area (Å²) in [6.07, 6.45) is 1.93. The summed E-state index contributed by atoms with van der Waals surface area (Å²) in [5.41, 5.74) is 2.04. The SMILES string of the molecule is Cc1cc(NC(=O)c2ccc(CN3C(=O)NC(C)(C4CC4)C3=O)cc2)ccc1Cl. The Bertz CT molecular complexity index is 1000. The van der Waals surface area contributed by atoms with Gasteiger partial charge in [-0.2, -0.15) is 0 Å². The third-order valence-corrected chi connectivity index (χ3v) is 6.09. The second-order valence-corrected chi connectivity index (χ2v) is 8.32. The number of anilines is 1. The molecule has 1 atom stereocenters. The number of carbonyl (C=O) groups excluding carboxylic acids is 3. The van der Waals surface area contributed by atoms with E-state index in [1.165, 1.54) is 4.90 Å². The van der Waals surface area contributed by atoms with Gasteiger partial charge in [-0.25, -0.2) is 4.79 Å². The van der Waals surface area contributed by atoms with Crippen molar-refractivity contribution >= 4 is 35.1 Å². The van der Waals surface area contributed by atoms with Gasteiger partial charge in [0.2, 0.25) is 0 Å². The van der Waals surface area contributed by atoms with Crippen LogP contribution in [0.4, 0.5) is 10.5 Å². The number of nitrogens with one attached hydrogen (secondary N) is 2. The van der Waals surface area contributed by atoms with E-state index >= 15 is 0 Å². The monoisotopic (exact) mass is 411 g/mol. The van der Waals surface area contributed by atoms with E-state index in [1.54, 1.807) is 43.3 Å². The van der Waals surface area contributed by atoms with Gasteiger partial charge in [0.1, 0.15) is 5.54 Å². The Hall–Kier alpha value is -2.86. The predicted molar refractivity (Wildman–Crippen MR) is 111 cm³/mol. The van der Waals surface area contributed by atoms with E-state index < -0.39 is 5.54 Å². The first-order valence-electron chi connectivity index (χ1n) is 9.58. The fraction of sp³-hybridized carbons (Fsp3) is 0.318. The molecule has 1 aliphatic carbocycles. The molecule has 1 saturated carbocycles. The maximum absolute atomic E-state index is 12.7. The van der Waals surface area contributed by atoms with Gasteiger partial charge in [0, 0.05) is 16.3 Å². The quantitative estimate of drug-likeness (QED) is 0.726. The lowest BCUT2D eigenvalue weighted by molar-refractivity contribution is -0.131. The van der Waals surface area contributed by atoms with E-state index in [-0.39, 0.29) is 30.3 Å². The number of benzene rings is 2. The highest BCUT2D eigenvalue weighted by Gasteiger charge is 2.55. The maximum atomic E-state index is 12.7. The number of halogens is 1. The fourth-order valence-electron chi connectivity index (χ4n) is 3.67. The van der Waals surface area contributed by atoms with Crippen molar-refractivity contribution in [3.05, 3.63) is 64.2 Å². The summed E-state index contributed by atoms with van der Waals surface area (Å²) in [5.74, 6) is -0.189. The molecule has 1 aliphatic heterocycles. The van der Waals surface area contributed by atoms with E-state index in [0.717, 1.165) is 24.0 Å². The summed E-state index contributed by atoms with van der Waals surface area (Å²) in [5, 5.41) is 6.32. The minimum Gasteiger partial charge on any atom is -0.323 e. The number of aryl methyl sites for hydroxylation is 1. The average molecular weight is 412 g/mol. The molecule has 1 heterocycles. The Morgan fingerprint density at radius 3 is 2.52 bits per heavy atom. The molecule has 1 saturated heterocycles. The zero-order chi connectivity index (χ0) is 20.8. The zero-order valence-electron chi connectivity index (χ0n) is 16.3. The number of urea groups is 1. The summed E-state index contributed by atoms with van der Waals surface area (Å²) >= 11 is 6.01. The summed E-state index contributed by atoms with van der Waals surface area (Å²) in [7, 11) is 0. The predicted octanol–water partition coefficient (Wildman–Crippen LogP) is 4.12. The van der Waals surface area contributed by atoms with Crippen molar-refractivity contribution in [1.82, 2.24) is 10.2 Å². The number of amides is 4. The van der Waals surface area contributed by atoms with Gasteiger partial charge in [0.25, 0.3) is 11.8 Å². The lowest BCUT2D eigenvalue weighted by Crippen LogP contribution is -2.46. The molecule has 2 aromatic rings. The normalized spacial score (nSPS) is 21.3. The maximum Gasteiger partial charge on any atom is 0.325 e. The number of imide groups is 1. The summed E-state index contributed by atoms with van der Waals surface area (Å²) in [4.78, 5) is 38.7. The minimum absolute atomic E-state index is 0.176. The molecule has 2 aliphatic rings. The number of carbonyl (C=O) groups is 3. The average Bonchev–Trinajstić information content (AvgIpc) is 3.51. The second-order valence-electron chi connectivity index (χ2n) is 7.91. The lowest BCUT2D eigenvalue weighted by atomic mass is 9.96. The first kappa shape index (κ1) is 19.5. The van der Waals surface area contributed by atoms with Gasteiger partial charge in [-0.15, -0.1) is 0 Å². The molecule has 0 spiro atoms. The molecule has 2 fully saturated rings. The Balaban J connectivity index is 1.42. The Morgan fingerprint density at radius 1 is 1.21 bits per heavy atom. The molecular weight excluding hydrogens is 390 g/mol. The van der Waals surface area contributed by atoms with Crippen molar-refractivity contribution in [2.75, 3.05) is 5.32 Å². The summed E-state index contributed by atoms with van der Waals surface area (Å²) < 4.78 is 0. The van der Waals surface area contributed by atoms with Gasteiger partial charge in [0.15, 0.2) is 0 Å².